The van der Waals surface area contributed by atoms with Crippen LogP contribution in [-0.4, -0.2) is 17.5 Å². The summed E-state index contributed by atoms with van der Waals surface area (Å²) in [6.45, 7) is -0.0737. The molecule has 0 spiro atoms. The minimum atomic E-state index is -0.510. The quantitative estimate of drug-likeness (QED) is 0.879. The Kier molecular flexibility index (Phi) is 4.14. The van der Waals surface area contributed by atoms with Gasteiger partial charge in [0.15, 0.2) is 12.0 Å². The van der Waals surface area contributed by atoms with Crippen LogP contribution < -0.4 is 15.5 Å². The number of anilines is 1. The van der Waals surface area contributed by atoms with Crippen molar-refractivity contribution < 1.29 is 9.53 Å². The summed E-state index contributed by atoms with van der Waals surface area (Å²) in [7, 11) is 0. The Bertz CT molecular complexity index is 716. The third-order valence-electron chi connectivity index (χ3n) is 2.46. The Morgan fingerprint density at radius 1 is 1.40 bits per heavy atom. The SMILES string of the molecule is N#CCOc1cccc(NC(=O)c2c[nH]ccc2=O)c1. The number of nitrogens with one attached hydrogen (secondary N) is 2. The lowest BCUT2D eigenvalue weighted by molar-refractivity contribution is 0.102. The Labute approximate surface area is 114 Å². The number of benzene rings is 1. The van der Waals surface area contributed by atoms with Crippen LogP contribution in [0.1, 0.15) is 10.4 Å². The fourth-order valence-corrected chi connectivity index (χ4v) is 1.57. The van der Waals surface area contributed by atoms with E-state index in [1.807, 2.05) is 6.07 Å². The topological polar surface area (TPSA) is 95.0 Å². The summed E-state index contributed by atoms with van der Waals surface area (Å²) in [5, 5.41) is 11.0. The van der Waals surface area contributed by atoms with Crippen molar-refractivity contribution in [2.45, 2.75) is 0 Å². The first-order chi connectivity index (χ1) is 9.70. The molecule has 2 N–H and O–H groups in total. The standard InChI is InChI=1S/C14H11N3O3/c15-5-7-20-11-3-1-2-10(8-11)17-14(19)12-9-16-6-4-13(12)18/h1-4,6,8-9H,7H2,(H,16,18)(H,17,19). The highest BCUT2D eigenvalue weighted by atomic mass is 16.5. The van der Waals surface area contributed by atoms with Crippen LogP contribution in [0.2, 0.25) is 0 Å². The normalized spacial score (nSPS) is 9.55. The zero-order valence-corrected chi connectivity index (χ0v) is 10.4. The summed E-state index contributed by atoms with van der Waals surface area (Å²) in [6.07, 6.45) is 2.79. The van der Waals surface area contributed by atoms with Gasteiger partial charge in [0.1, 0.15) is 17.4 Å². The van der Waals surface area contributed by atoms with Gasteiger partial charge in [-0.2, -0.15) is 5.26 Å². The minimum absolute atomic E-state index is 0.0239. The number of hydrogen-bond acceptors (Lipinski definition) is 4. The average Bonchev–Trinajstić information content (AvgIpc) is 2.46. The predicted molar refractivity (Wildman–Crippen MR) is 72.6 cm³/mol. The molecule has 6 nitrogen and oxygen atoms in total. The monoisotopic (exact) mass is 269 g/mol. The van der Waals surface area contributed by atoms with E-state index < -0.39 is 5.91 Å². The first-order valence-electron chi connectivity index (χ1n) is 5.79. The molecule has 6 heteroatoms. The van der Waals surface area contributed by atoms with Gasteiger partial charge < -0.3 is 15.0 Å². The van der Waals surface area contributed by atoms with Crippen molar-refractivity contribution in [1.82, 2.24) is 4.98 Å². The minimum Gasteiger partial charge on any atom is -0.479 e. The van der Waals surface area contributed by atoms with E-state index in [0.29, 0.717) is 11.4 Å². The van der Waals surface area contributed by atoms with Gasteiger partial charge in [-0.3, -0.25) is 9.59 Å². The van der Waals surface area contributed by atoms with E-state index in [9.17, 15) is 9.59 Å². The van der Waals surface area contributed by atoms with Crippen LogP contribution in [0.3, 0.4) is 0 Å². The molecule has 0 unspecified atom stereocenters. The molecule has 0 saturated carbocycles. The summed E-state index contributed by atoms with van der Waals surface area (Å²) in [5.74, 6) is -0.0457. The number of nitriles is 1. The number of amides is 1. The summed E-state index contributed by atoms with van der Waals surface area (Å²) in [4.78, 5) is 26.1. The van der Waals surface area contributed by atoms with Crippen LogP contribution in [0.4, 0.5) is 5.69 Å². The van der Waals surface area contributed by atoms with E-state index in [1.54, 1.807) is 24.3 Å². The molecule has 0 fully saturated rings. The Morgan fingerprint density at radius 2 is 2.25 bits per heavy atom. The van der Waals surface area contributed by atoms with Crippen molar-refractivity contribution >= 4 is 11.6 Å². The van der Waals surface area contributed by atoms with E-state index in [1.165, 1.54) is 18.5 Å². The molecule has 100 valence electrons. The van der Waals surface area contributed by atoms with E-state index in [2.05, 4.69) is 10.3 Å². The fraction of sp³-hybridized carbons (Fsp3) is 0.0714. The number of rotatable bonds is 4. The van der Waals surface area contributed by atoms with Gasteiger partial charge in [-0.25, -0.2) is 0 Å². The van der Waals surface area contributed by atoms with E-state index >= 15 is 0 Å². The summed E-state index contributed by atoms with van der Waals surface area (Å²) in [5.41, 5.74) is 0.141. The first-order valence-corrected chi connectivity index (χ1v) is 5.79. The third-order valence-corrected chi connectivity index (χ3v) is 2.46. The Hall–Kier alpha value is -3.07. The van der Waals surface area contributed by atoms with Crippen LogP contribution in [0, 0.1) is 11.3 Å². The number of aromatic nitrogens is 1. The second kappa shape index (κ2) is 6.20. The number of nitrogens with zero attached hydrogens (tertiary/aromatic N) is 1. The van der Waals surface area contributed by atoms with Gasteiger partial charge in [-0.05, 0) is 12.1 Å². The zero-order valence-electron chi connectivity index (χ0n) is 10.4. The van der Waals surface area contributed by atoms with Crippen molar-refractivity contribution in [3.8, 4) is 11.8 Å². The number of ether oxygens (including phenoxy) is 1. The van der Waals surface area contributed by atoms with Crippen LogP contribution in [0.15, 0.2) is 47.5 Å². The van der Waals surface area contributed by atoms with Crippen molar-refractivity contribution in [1.29, 1.82) is 5.26 Å². The van der Waals surface area contributed by atoms with Gasteiger partial charge in [0.2, 0.25) is 0 Å². The lowest BCUT2D eigenvalue weighted by atomic mass is 10.2. The van der Waals surface area contributed by atoms with Gasteiger partial charge in [0.25, 0.3) is 5.91 Å². The molecule has 1 aromatic carbocycles. The lowest BCUT2D eigenvalue weighted by Crippen LogP contribution is -2.20. The number of aromatic amines is 1. The maximum Gasteiger partial charge on any atom is 0.261 e. The molecule has 0 saturated heterocycles. The second-order valence-electron chi connectivity index (χ2n) is 3.85. The lowest BCUT2D eigenvalue weighted by Gasteiger charge is -2.07. The van der Waals surface area contributed by atoms with E-state index in [-0.39, 0.29) is 17.6 Å². The van der Waals surface area contributed by atoms with Gasteiger partial charge >= 0.3 is 0 Å². The molecule has 20 heavy (non-hydrogen) atoms. The van der Waals surface area contributed by atoms with Crippen molar-refractivity contribution in [3.05, 3.63) is 58.5 Å². The van der Waals surface area contributed by atoms with Gasteiger partial charge in [0, 0.05) is 30.2 Å². The molecule has 1 aromatic heterocycles. The zero-order chi connectivity index (χ0) is 14.4. The molecule has 0 radical (unpaired) electrons. The highest BCUT2D eigenvalue weighted by Gasteiger charge is 2.09. The molecule has 0 aliphatic rings. The molecule has 0 bridgehead atoms. The number of carbonyl (C=O) groups is 1. The van der Waals surface area contributed by atoms with Crippen LogP contribution >= 0.6 is 0 Å². The molecule has 0 atom stereocenters. The number of H-pyrrole nitrogens is 1. The van der Waals surface area contributed by atoms with Crippen molar-refractivity contribution in [3.63, 3.8) is 0 Å². The maximum absolute atomic E-state index is 11.9. The van der Waals surface area contributed by atoms with Gasteiger partial charge in [0.05, 0.1) is 0 Å². The molecule has 1 heterocycles. The molecule has 2 aromatic rings. The molecule has 2 rings (SSSR count). The second-order valence-corrected chi connectivity index (χ2v) is 3.85. The van der Waals surface area contributed by atoms with E-state index in [4.69, 9.17) is 10.00 Å². The number of hydrogen-bond donors (Lipinski definition) is 2. The maximum atomic E-state index is 11.9. The van der Waals surface area contributed by atoms with Gasteiger partial charge in [-0.15, -0.1) is 0 Å². The average molecular weight is 269 g/mol. The Morgan fingerprint density at radius 3 is 3.00 bits per heavy atom. The molecular formula is C14H11N3O3. The molecule has 1 amide bonds. The number of pyridine rings is 1. The van der Waals surface area contributed by atoms with Crippen molar-refractivity contribution in [2.75, 3.05) is 11.9 Å². The highest BCUT2D eigenvalue weighted by molar-refractivity contribution is 6.04. The molecule has 0 aliphatic carbocycles. The van der Waals surface area contributed by atoms with Crippen LogP contribution in [0.5, 0.6) is 5.75 Å². The first kappa shape index (κ1) is 13.4. The van der Waals surface area contributed by atoms with E-state index in [0.717, 1.165) is 0 Å². The predicted octanol–water partition coefficient (Wildman–Crippen LogP) is 1.53. The molecule has 0 aliphatic heterocycles. The largest absolute Gasteiger partial charge is 0.479 e. The van der Waals surface area contributed by atoms with Gasteiger partial charge in [-0.1, -0.05) is 6.07 Å². The summed E-state index contributed by atoms with van der Waals surface area (Å²) >= 11 is 0. The highest BCUT2D eigenvalue weighted by Crippen LogP contribution is 2.17. The van der Waals surface area contributed by atoms with Crippen LogP contribution in [-0.2, 0) is 0 Å². The van der Waals surface area contributed by atoms with Crippen molar-refractivity contribution in [2.24, 2.45) is 0 Å². The fourth-order valence-electron chi connectivity index (χ4n) is 1.57. The Balaban J connectivity index is 2.14. The summed E-state index contributed by atoms with van der Waals surface area (Å²) < 4.78 is 5.13. The smallest absolute Gasteiger partial charge is 0.261 e. The third kappa shape index (κ3) is 3.23. The summed E-state index contributed by atoms with van der Waals surface area (Å²) in [6, 6.07) is 9.72. The number of carbonyl (C=O) groups excluding carboxylic acids is 1. The van der Waals surface area contributed by atoms with Crippen LogP contribution in [0.25, 0.3) is 0 Å². The molecular weight excluding hydrogens is 258 g/mol.